The van der Waals surface area contributed by atoms with Crippen LogP contribution < -0.4 is 5.32 Å². The van der Waals surface area contributed by atoms with E-state index in [1.807, 2.05) is 24.0 Å². The number of fused-ring (bicyclic) bond motifs is 2. The Kier molecular flexibility index (Phi) is 4.23. The summed E-state index contributed by atoms with van der Waals surface area (Å²) in [5.41, 5.74) is 1.72. The Hall–Kier alpha value is -1.06. The molecule has 2 aliphatic rings. The van der Waals surface area contributed by atoms with Gasteiger partial charge >= 0.3 is 0 Å². The highest BCUT2D eigenvalue weighted by Crippen LogP contribution is 2.30. The maximum Gasteiger partial charge on any atom is 0.254 e. The van der Waals surface area contributed by atoms with Crippen molar-refractivity contribution >= 4 is 17.5 Å². The number of rotatable bonds is 3. The van der Waals surface area contributed by atoms with Gasteiger partial charge in [-0.25, -0.2) is 0 Å². The van der Waals surface area contributed by atoms with E-state index in [0.717, 1.165) is 24.9 Å². The quantitative estimate of drug-likeness (QED) is 0.928. The molecule has 2 heterocycles. The third-order valence-electron chi connectivity index (χ3n) is 4.91. The molecule has 0 aromatic heterocycles. The van der Waals surface area contributed by atoms with Gasteiger partial charge in [-0.2, -0.15) is 0 Å². The number of nitrogens with zero attached hydrogens (tertiary/aromatic N) is 1. The Morgan fingerprint density at radius 2 is 2.00 bits per heavy atom. The zero-order valence-electron chi connectivity index (χ0n) is 12.7. The minimum absolute atomic E-state index is 0.116. The molecule has 0 saturated carbocycles. The number of aryl methyl sites for hydroxylation is 1. The number of carbonyl (C=O) groups is 1. The molecule has 2 bridgehead atoms. The van der Waals surface area contributed by atoms with E-state index in [1.165, 1.54) is 12.8 Å². The van der Waals surface area contributed by atoms with Crippen molar-refractivity contribution in [1.29, 1.82) is 0 Å². The lowest BCUT2D eigenvalue weighted by molar-refractivity contribution is 0.0631. The molecule has 1 aromatic rings. The number of amides is 1. The van der Waals surface area contributed by atoms with Gasteiger partial charge < -0.3 is 10.2 Å². The first-order valence-electron chi connectivity index (χ1n) is 7.91. The molecular weight excluding hydrogens is 284 g/mol. The van der Waals surface area contributed by atoms with Crippen molar-refractivity contribution in [3.05, 3.63) is 34.3 Å². The summed E-state index contributed by atoms with van der Waals surface area (Å²) in [7, 11) is 0. The molecule has 21 heavy (non-hydrogen) atoms. The second-order valence-electron chi connectivity index (χ2n) is 6.32. The van der Waals surface area contributed by atoms with Gasteiger partial charge in [-0.15, -0.1) is 0 Å². The van der Waals surface area contributed by atoms with Crippen LogP contribution >= 0.6 is 11.6 Å². The van der Waals surface area contributed by atoms with Crippen LogP contribution in [0, 0.1) is 6.92 Å². The topological polar surface area (TPSA) is 32.3 Å². The minimum atomic E-state index is 0.116. The van der Waals surface area contributed by atoms with E-state index in [2.05, 4.69) is 12.2 Å². The number of hydrogen-bond acceptors (Lipinski definition) is 2. The summed E-state index contributed by atoms with van der Waals surface area (Å²) in [6.45, 7) is 4.78. The van der Waals surface area contributed by atoms with Gasteiger partial charge in [-0.3, -0.25) is 4.79 Å². The lowest BCUT2D eigenvalue weighted by atomic mass is 9.97. The average molecular weight is 307 g/mol. The second kappa shape index (κ2) is 5.98. The van der Waals surface area contributed by atoms with Crippen LogP contribution in [0.4, 0.5) is 0 Å². The van der Waals surface area contributed by atoms with Crippen molar-refractivity contribution in [2.45, 2.75) is 57.7 Å². The van der Waals surface area contributed by atoms with E-state index in [9.17, 15) is 4.79 Å². The van der Waals surface area contributed by atoms with Gasteiger partial charge in [0.05, 0.1) is 0 Å². The standard InChI is InChI=1S/C17H23ClN2O/c1-3-20(15-9-13-6-7-14(10-15)19-13)17(21)12-5-4-11(2)16(18)8-12/h4-5,8,13-15,19H,3,6-7,9-10H2,1-2H3. The monoisotopic (exact) mass is 306 g/mol. The fraction of sp³-hybridized carbons (Fsp3) is 0.588. The number of benzene rings is 1. The van der Waals surface area contributed by atoms with E-state index in [4.69, 9.17) is 11.6 Å². The number of hydrogen-bond donors (Lipinski definition) is 1. The van der Waals surface area contributed by atoms with Crippen LogP contribution in [-0.2, 0) is 0 Å². The average Bonchev–Trinajstić information content (AvgIpc) is 2.81. The fourth-order valence-electron chi connectivity index (χ4n) is 3.74. The van der Waals surface area contributed by atoms with Crippen molar-refractivity contribution in [2.24, 2.45) is 0 Å². The third kappa shape index (κ3) is 2.95. The summed E-state index contributed by atoms with van der Waals surface area (Å²) in [6.07, 6.45) is 4.66. The van der Waals surface area contributed by atoms with Crippen molar-refractivity contribution < 1.29 is 4.79 Å². The molecule has 1 N–H and O–H groups in total. The summed E-state index contributed by atoms with van der Waals surface area (Å²) in [5, 5.41) is 4.30. The van der Waals surface area contributed by atoms with Gasteiger partial charge in [0, 0.05) is 35.3 Å². The van der Waals surface area contributed by atoms with E-state index in [-0.39, 0.29) is 5.91 Å². The predicted molar refractivity (Wildman–Crippen MR) is 85.9 cm³/mol. The molecule has 1 amide bonds. The Morgan fingerprint density at radius 3 is 2.57 bits per heavy atom. The Balaban J connectivity index is 1.79. The molecule has 1 aromatic carbocycles. The van der Waals surface area contributed by atoms with Crippen molar-refractivity contribution in [3.8, 4) is 0 Å². The van der Waals surface area contributed by atoms with E-state index < -0.39 is 0 Å². The molecule has 2 atom stereocenters. The van der Waals surface area contributed by atoms with Crippen LogP contribution in [0.25, 0.3) is 0 Å². The van der Waals surface area contributed by atoms with Crippen molar-refractivity contribution in [1.82, 2.24) is 10.2 Å². The smallest absolute Gasteiger partial charge is 0.254 e. The van der Waals surface area contributed by atoms with Gasteiger partial charge in [0.2, 0.25) is 0 Å². The molecule has 0 spiro atoms. The molecule has 2 fully saturated rings. The highest BCUT2D eigenvalue weighted by atomic mass is 35.5. The second-order valence-corrected chi connectivity index (χ2v) is 6.73. The number of halogens is 1. The van der Waals surface area contributed by atoms with Crippen molar-refractivity contribution in [3.63, 3.8) is 0 Å². The third-order valence-corrected chi connectivity index (χ3v) is 5.32. The normalized spacial score (nSPS) is 27.7. The van der Waals surface area contributed by atoms with Crippen LogP contribution in [0.1, 0.15) is 48.5 Å². The van der Waals surface area contributed by atoms with Crippen LogP contribution in [-0.4, -0.2) is 35.5 Å². The van der Waals surface area contributed by atoms with Gasteiger partial charge in [-0.05, 0) is 57.2 Å². The summed E-state index contributed by atoms with van der Waals surface area (Å²) in [4.78, 5) is 14.9. The molecule has 2 saturated heterocycles. The molecular formula is C17H23ClN2O. The van der Waals surface area contributed by atoms with E-state index in [1.54, 1.807) is 6.07 Å². The minimum Gasteiger partial charge on any atom is -0.336 e. The molecule has 0 radical (unpaired) electrons. The van der Waals surface area contributed by atoms with Gasteiger partial charge in [0.15, 0.2) is 0 Å². The van der Waals surface area contributed by atoms with Crippen LogP contribution in [0.5, 0.6) is 0 Å². The zero-order valence-corrected chi connectivity index (χ0v) is 13.5. The predicted octanol–water partition coefficient (Wildman–Crippen LogP) is 3.39. The first-order chi connectivity index (χ1) is 10.1. The largest absolute Gasteiger partial charge is 0.336 e. The summed E-state index contributed by atoms with van der Waals surface area (Å²) in [5.74, 6) is 0.116. The lowest BCUT2D eigenvalue weighted by Gasteiger charge is -2.37. The van der Waals surface area contributed by atoms with E-state index >= 15 is 0 Å². The van der Waals surface area contributed by atoms with Crippen LogP contribution in [0.2, 0.25) is 5.02 Å². The summed E-state index contributed by atoms with van der Waals surface area (Å²) in [6, 6.07) is 7.17. The molecule has 3 nitrogen and oxygen atoms in total. The Bertz CT molecular complexity index is 534. The molecule has 2 unspecified atom stereocenters. The Labute approximate surface area is 131 Å². The first-order valence-corrected chi connectivity index (χ1v) is 8.29. The van der Waals surface area contributed by atoms with E-state index in [0.29, 0.717) is 28.7 Å². The summed E-state index contributed by atoms with van der Waals surface area (Å²) >= 11 is 6.17. The highest BCUT2D eigenvalue weighted by molar-refractivity contribution is 6.31. The molecule has 114 valence electrons. The maximum absolute atomic E-state index is 12.8. The number of nitrogens with one attached hydrogen (secondary N) is 1. The Morgan fingerprint density at radius 1 is 1.33 bits per heavy atom. The highest BCUT2D eigenvalue weighted by Gasteiger charge is 2.37. The number of piperidine rings is 1. The molecule has 4 heteroatoms. The van der Waals surface area contributed by atoms with Gasteiger partial charge in [0.25, 0.3) is 5.91 Å². The first kappa shape index (κ1) is 14.9. The van der Waals surface area contributed by atoms with Crippen molar-refractivity contribution in [2.75, 3.05) is 6.54 Å². The van der Waals surface area contributed by atoms with Gasteiger partial charge in [-0.1, -0.05) is 17.7 Å². The van der Waals surface area contributed by atoms with Gasteiger partial charge in [0.1, 0.15) is 0 Å². The zero-order chi connectivity index (χ0) is 15.0. The van der Waals surface area contributed by atoms with Crippen LogP contribution in [0.15, 0.2) is 18.2 Å². The van der Waals surface area contributed by atoms with Crippen LogP contribution in [0.3, 0.4) is 0 Å². The summed E-state index contributed by atoms with van der Waals surface area (Å²) < 4.78 is 0. The SMILES string of the molecule is CCN(C(=O)c1ccc(C)c(Cl)c1)C1CC2CCC(C1)N2. The molecule has 3 rings (SSSR count). The molecule has 2 aliphatic heterocycles. The number of carbonyl (C=O) groups excluding carboxylic acids is 1. The molecule has 0 aliphatic carbocycles. The fourth-order valence-corrected chi connectivity index (χ4v) is 3.92. The lowest BCUT2D eigenvalue weighted by Crippen LogP contribution is -2.50. The maximum atomic E-state index is 12.8.